The highest BCUT2D eigenvalue weighted by molar-refractivity contribution is 8.00. The van der Waals surface area contributed by atoms with E-state index in [1.807, 2.05) is 0 Å². The van der Waals surface area contributed by atoms with Gasteiger partial charge in [-0.3, -0.25) is 0 Å². The first-order chi connectivity index (χ1) is 23.5. The van der Waals surface area contributed by atoms with Gasteiger partial charge in [0.25, 0.3) is 0 Å². The molecule has 2 aromatic carbocycles. The minimum absolute atomic E-state index is 0.0838. The summed E-state index contributed by atoms with van der Waals surface area (Å²) < 4.78 is 33.7. The van der Waals surface area contributed by atoms with Crippen molar-refractivity contribution in [3.05, 3.63) is 90.5 Å². The molecule has 6 rings (SSSR count). The van der Waals surface area contributed by atoms with Crippen LogP contribution in [0.15, 0.2) is 67.0 Å². The van der Waals surface area contributed by atoms with Crippen molar-refractivity contribution in [1.82, 2.24) is 0 Å². The third kappa shape index (κ3) is 7.69. The van der Waals surface area contributed by atoms with Crippen LogP contribution in [-0.2, 0) is 32.2 Å². The molecule has 2 fully saturated rings. The SMILES string of the molecule is O=c1oc2cc(Cl)ccc2cc1CO[C@H]1[C@@H](O)[C@@H](CO)O[C@@H](S[C@@H]2O[C@H](CO)[C@H](O)[C@H](OCc3cc4ccc(Cl)cc4oc3=O)[C@H]2O)[C@@H]1O. The van der Waals surface area contributed by atoms with Gasteiger partial charge < -0.3 is 58.4 Å². The molecule has 0 spiro atoms. The van der Waals surface area contributed by atoms with Gasteiger partial charge in [0, 0.05) is 33.0 Å². The highest BCUT2D eigenvalue weighted by Crippen LogP contribution is 2.38. The van der Waals surface area contributed by atoms with E-state index >= 15 is 0 Å². The molecule has 0 saturated carbocycles. The number of aliphatic hydroxyl groups is 6. The Hall–Kier alpha value is -2.61. The predicted octanol–water partition coefficient (Wildman–Crippen LogP) is 1.29. The Bertz CT molecular complexity index is 1770. The van der Waals surface area contributed by atoms with Crippen LogP contribution in [0.2, 0.25) is 10.0 Å². The van der Waals surface area contributed by atoms with Crippen LogP contribution in [-0.4, -0.2) is 104 Å². The molecule has 0 bridgehead atoms. The number of rotatable bonds is 10. The van der Waals surface area contributed by atoms with E-state index in [0.717, 1.165) is 11.8 Å². The number of aliphatic hydroxyl groups excluding tert-OH is 6. The molecule has 2 saturated heterocycles. The molecule has 0 unspecified atom stereocenters. The number of benzene rings is 2. The van der Waals surface area contributed by atoms with E-state index in [0.29, 0.717) is 20.8 Å². The van der Waals surface area contributed by atoms with Crippen LogP contribution >= 0.6 is 35.0 Å². The third-order valence-electron chi connectivity index (χ3n) is 8.31. The maximum Gasteiger partial charge on any atom is 0.341 e. The topological polar surface area (TPSA) is 219 Å². The van der Waals surface area contributed by atoms with E-state index < -0.39 is 84.2 Å². The summed E-state index contributed by atoms with van der Waals surface area (Å²) in [6, 6.07) is 12.5. The fourth-order valence-corrected chi connectivity index (χ4v) is 7.32. The lowest BCUT2D eigenvalue weighted by Gasteiger charge is -2.46. The van der Waals surface area contributed by atoms with Gasteiger partial charge in [-0.15, -0.1) is 0 Å². The number of thioether (sulfide) groups is 1. The summed E-state index contributed by atoms with van der Waals surface area (Å²) in [5.74, 6) is 0. The van der Waals surface area contributed by atoms with E-state index in [2.05, 4.69) is 0 Å². The van der Waals surface area contributed by atoms with Crippen molar-refractivity contribution in [2.75, 3.05) is 13.2 Å². The van der Waals surface area contributed by atoms with Crippen LogP contribution < -0.4 is 11.3 Å². The average Bonchev–Trinajstić information content (AvgIpc) is 3.07. The van der Waals surface area contributed by atoms with Gasteiger partial charge in [0.2, 0.25) is 0 Å². The number of fused-ring (bicyclic) bond motifs is 2. The number of hydrogen-bond donors (Lipinski definition) is 6. The second-order valence-corrected chi connectivity index (χ2v) is 13.7. The standard InChI is InChI=1S/C32H32Cl2O14S/c33-17-3-1-13-5-15(29(41)45-19(13)7-17)11-43-27-23(37)21(9-35)47-31(25(27)39)49-32-26(40)28(24(38)22(10-36)48-32)44-12-16-6-14-2-4-18(34)8-20(14)46-30(16)42/h1-8,21-28,31-32,35-40H,9-12H2/t21-,22-,23+,24+,25-,26-,27+,28+,31+,32+/m1/s1. The Morgan fingerprint density at radius 2 is 1.04 bits per heavy atom. The van der Waals surface area contributed by atoms with Gasteiger partial charge in [-0.05, 0) is 36.4 Å². The Balaban J connectivity index is 1.17. The summed E-state index contributed by atoms with van der Waals surface area (Å²) in [6.07, 6.45) is -11.6. The second kappa shape index (κ2) is 15.3. The molecule has 264 valence electrons. The maximum absolute atomic E-state index is 12.6. The maximum atomic E-state index is 12.6. The zero-order valence-corrected chi connectivity index (χ0v) is 27.7. The first-order valence-corrected chi connectivity index (χ1v) is 16.8. The van der Waals surface area contributed by atoms with Gasteiger partial charge in [0.05, 0.1) is 37.6 Å². The van der Waals surface area contributed by atoms with E-state index in [1.165, 1.54) is 24.3 Å². The first kappa shape index (κ1) is 36.2. The second-order valence-electron chi connectivity index (χ2n) is 11.6. The van der Waals surface area contributed by atoms with E-state index in [9.17, 15) is 40.2 Å². The number of halogens is 2. The lowest BCUT2D eigenvalue weighted by atomic mass is 9.99. The minimum atomic E-state index is -1.60. The molecule has 17 heteroatoms. The van der Waals surface area contributed by atoms with Gasteiger partial charge in [-0.25, -0.2) is 9.59 Å². The highest BCUT2D eigenvalue weighted by Gasteiger charge is 2.51. The van der Waals surface area contributed by atoms with Gasteiger partial charge >= 0.3 is 11.3 Å². The van der Waals surface area contributed by atoms with Crippen LogP contribution in [0.1, 0.15) is 11.1 Å². The minimum Gasteiger partial charge on any atom is -0.422 e. The normalized spacial score (nSPS) is 30.6. The van der Waals surface area contributed by atoms with Crippen molar-refractivity contribution >= 4 is 56.9 Å². The number of ether oxygens (including phenoxy) is 4. The summed E-state index contributed by atoms with van der Waals surface area (Å²) >= 11 is 12.7. The summed E-state index contributed by atoms with van der Waals surface area (Å²) in [5.41, 5.74) is -3.35. The Morgan fingerprint density at radius 1 is 0.633 bits per heavy atom. The molecule has 0 amide bonds. The van der Waals surface area contributed by atoms with E-state index in [-0.39, 0.29) is 35.5 Å². The summed E-state index contributed by atoms with van der Waals surface area (Å²) in [6.45, 7) is -2.13. The smallest absolute Gasteiger partial charge is 0.341 e. The fraction of sp³-hybridized carbons (Fsp3) is 0.438. The summed E-state index contributed by atoms with van der Waals surface area (Å²) in [5, 5.41) is 66.0. The Labute approximate surface area is 291 Å². The van der Waals surface area contributed by atoms with Crippen molar-refractivity contribution in [1.29, 1.82) is 0 Å². The van der Waals surface area contributed by atoms with Gasteiger partial charge in [0.1, 0.15) is 70.9 Å². The molecule has 4 aromatic rings. The molecule has 14 nitrogen and oxygen atoms in total. The van der Waals surface area contributed by atoms with Crippen molar-refractivity contribution in [3.8, 4) is 0 Å². The largest absolute Gasteiger partial charge is 0.422 e. The average molecular weight is 744 g/mol. The lowest BCUT2D eigenvalue weighted by Crippen LogP contribution is -2.61. The van der Waals surface area contributed by atoms with E-state index in [4.69, 9.17) is 51.0 Å². The zero-order valence-electron chi connectivity index (χ0n) is 25.3. The van der Waals surface area contributed by atoms with Gasteiger partial charge in [-0.2, -0.15) is 0 Å². The molecule has 2 aliphatic rings. The molecule has 2 aliphatic heterocycles. The summed E-state index contributed by atoms with van der Waals surface area (Å²) in [7, 11) is 0. The summed E-state index contributed by atoms with van der Waals surface area (Å²) in [4.78, 5) is 25.2. The lowest BCUT2D eigenvalue weighted by molar-refractivity contribution is -0.231. The van der Waals surface area contributed by atoms with Crippen LogP contribution in [0.3, 0.4) is 0 Å². The Kier molecular flexibility index (Phi) is 11.3. The fourth-order valence-electron chi connectivity index (χ4n) is 5.69. The van der Waals surface area contributed by atoms with Crippen LogP contribution in [0.5, 0.6) is 0 Å². The molecule has 49 heavy (non-hydrogen) atoms. The van der Waals surface area contributed by atoms with Crippen molar-refractivity contribution < 1.29 is 58.4 Å². The monoisotopic (exact) mass is 742 g/mol. The van der Waals surface area contributed by atoms with Crippen LogP contribution in [0.4, 0.5) is 0 Å². The molecule has 6 N–H and O–H groups in total. The molecule has 4 heterocycles. The van der Waals surface area contributed by atoms with Crippen molar-refractivity contribution in [3.63, 3.8) is 0 Å². The third-order valence-corrected chi connectivity index (χ3v) is 10.1. The highest BCUT2D eigenvalue weighted by atomic mass is 35.5. The van der Waals surface area contributed by atoms with Gasteiger partial charge in [0.15, 0.2) is 0 Å². The van der Waals surface area contributed by atoms with Crippen molar-refractivity contribution in [2.24, 2.45) is 0 Å². The van der Waals surface area contributed by atoms with Crippen LogP contribution in [0, 0.1) is 0 Å². The van der Waals surface area contributed by atoms with Gasteiger partial charge in [-0.1, -0.05) is 35.0 Å². The molecular weight excluding hydrogens is 711 g/mol. The predicted molar refractivity (Wildman–Crippen MR) is 175 cm³/mol. The molecule has 0 radical (unpaired) electrons. The number of hydrogen-bond acceptors (Lipinski definition) is 15. The van der Waals surface area contributed by atoms with Crippen LogP contribution in [0.25, 0.3) is 21.9 Å². The quantitative estimate of drug-likeness (QED) is 0.126. The first-order valence-electron chi connectivity index (χ1n) is 15.1. The molecule has 0 aliphatic carbocycles. The zero-order chi connectivity index (χ0) is 35.0. The molecular formula is C32H32Cl2O14S. The molecule has 2 aromatic heterocycles. The van der Waals surface area contributed by atoms with Crippen molar-refractivity contribution in [2.45, 2.75) is 72.9 Å². The van der Waals surface area contributed by atoms with E-state index in [1.54, 1.807) is 24.3 Å². The Morgan fingerprint density at radius 3 is 1.43 bits per heavy atom. The molecule has 10 atom stereocenters.